The Hall–Kier alpha value is -1.32. The van der Waals surface area contributed by atoms with Gasteiger partial charge in [-0.2, -0.15) is 8.42 Å². The van der Waals surface area contributed by atoms with Crippen molar-refractivity contribution >= 4 is 20.1 Å². The van der Waals surface area contributed by atoms with Gasteiger partial charge in [0.25, 0.3) is 0 Å². The van der Waals surface area contributed by atoms with Crippen molar-refractivity contribution < 1.29 is 25.8 Å². The summed E-state index contributed by atoms with van der Waals surface area (Å²) in [6, 6.07) is 3.59. The van der Waals surface area contributed by atoms with Gasteiger partial charge in [0, 0.05) is 6.07 Å². The van der Waals surface area contributed by atoms with Crippen molar-refractivity contribution in [2.75, 3.05) is 13.4 Å². The van der Waals surface area contributed by atoms with E-state index in [2.05, 4.69) is 4.18 Å². The lowest BCUT2D eigenvalue weighted by Gasteiger charge is -2.09. The van der Waals surface area contributed by atoms with E-state index in [0.717, 1.165) is 18.4 Å². The van der Waals surface area contributed by atoms with Gasteiger partial charge in [-0.25, -0.2) is 13.6 Å². The zero-order valence-electron chi connectivity index (χ0n) is 9.08. The van der Waals surface area contributed by atoms with Crippen molar-refractivity contribution in [2.24, 2.45) is 5.14 Å². The summed E-state index contributed by atoms with van der Waals surface area (Å²) in [5.41, 5.74) is 0. The fraction of sp³-hybridized carbons (Fsp3) is 0.250. The molecule has 0 aliphatic rings. The number of sulfonamides is 1. The van der Waals surface area contributed by atoms with E-state index in [9.17, 15) is 16.8 Å². The molecule has 17 heavy (non-hydrogen) atoms. The van der Waals surface area contributed by atoms with E-state index in [4.69, 9.17) is 9.88 Å². The highest BCUT2D eigenvalue weighted by atomic mass is 32.2. The van der Waals surface area contributed by atoms with Gasteiger partial charge in [0.15, 0.2) is 5.75 Å². The second kappa shape index (κ2) is 4.51. The van der Waals surface area contributed by atoms with Gasteiger partial charge in [0.1, 0.15) is 10.6 Å². The fourth-order valence-electron chi connectivity index (χ4n) is 1.07. The van der Waals surface area contributed by atoms with Crippen LogP contribution in [0.1, 0.15) is 0 Å². The lowest BCUT2D eigenvalue weighted by molar-refractivity contribution is 0.411. The molecular formula is C8H11NO6S2. The molecule has 1 rings (SSSR count). The fourth-order valence-corrected chi connectivity index (χ4v) is 2.26. The molecule has 0 bridgehead atoms. The Morgan fingerprint density at radius 3 is 2.18 bits per heavy atom. The van der Waals surface area contributed by atoms with Crippen molar-refractivity contribution in [1.82, 2.24) is 0 Å². The number of hydrogen-bond donors (Lipinski definition) is 1. The third-order valence-electron chi connectivity index (χ3n) is 1.70. The van der Waals surface area contributed by atoms with Gasteiger partial charge in [-0.3, -0.25) is 0 Å². The van der Waals surface area contributed by atoms with E-state index < -0.39 is 25.0 Å². The first-order valence-electron chi connectivity index (χ1n) is 4.24. The Bertz CT molecular complexity index is 619. The van der Waals surface area contributed by atoms with Crippen molar-refractivity contribution in [3.8, 4) is 11.5 Å². The Kier molecular flexibility index (Phi) is 3.65. The summed E-state index contributed by atoms with van der Waals surface area (Å²) in [7, 11) is -6.62. The largest absolute Gasteiger partial charge is 0.497 e. The van der Waals surface area contributed by atoms with Crippen LogP contribution in [-0.4, -0.2) is 30.2 Å². The molecule has 0 saturated heterocycles. The Balaban J connectivity index is 3.41. The molecule has 0 aromatic heterocycles. The number of primary sulfonamides is 1. The van der Waals surface area contributed by atoms with Crippen LogP contribution in [0, 0.1) is 0 Å². The summed E-state index contributed by atoms with van der Waals surface area (Å²) >= 11 is 0. The average Bonchev–Trinajstić information content (AvgIpc) is 2.14. The summed E-state index contributed by atoms with van der Waals surface area (Å²) < 4.78 is 53.7. The second-order valence-corrected chi connectivity index (χ2v) is 6.25. The Morgan fingerprint density at radius 2 is 1.76 bits per heavy atom. The number of rotatable bonds is 4. The number of ether oxygens (including phenoxy) is 1. The van der Waals surface area contributed by atoms with Crippen molar-refractivity contribution in [3.05, 3.63) is 18.2 Å². The molecule has 0 fully saturated rings. The number of hydrogen-bond acceptors (Lipinski definition) is 6. The lowest BCUT2D eigenvalue weighted by Crippen LogP contribution is -2.16. The minimum absolute atomic E-state index is 0.217. The molecule has 0 aliphatic heterocycles. The predicted octanol–water partition coefficient (Wildman–Crippen LogP) is -0.319. The summed E-state index contributed by atoms with van der Waals surface area (Å²) in [4.78, 5) is -0.456. The second-order valence-electron chi connectivity index (χ2n) is 3.15. The van der Waals surface area contributed by atoms with E-state index in [1.165, 1.54) is 13.2 Å². The van der Waals surface area contributed by atoms with Gasteiger partial charge < -0.3 is 8.92 Å². The SMILES string of the molecule is COc1ccc(OS(C)(=O)=O)c(S(N)(=O)=O)c1. The van der Waals surface area contributed by atoms with Crippen LogP contribution in [0.25, 0.3) is 0 Å². The third kappa shape index (κ3) is 3.88. The lowest BCUT2D eigenvalue weighted by atomic mass is 10.3. The van der Waals surface area contributed by atoms with E-state index in [1.54, 1.807) is 0 Å². The molecule has 96 valence electrons. The molecule has 2 N–H and O–H groups in total. The molecule has 0 aliphatic carbocycles. The molecule has 1 aromatic rings. The van der Waals surface area contributed by atoms with Crippen LogP contribution in [0.15, 0.2) is 23.1 Å². The minimum atomic E-state index is -4.11. The van der Waals surface area contributed by atoms with Gasteiger partial charge in [-0.05, 0) is 12.1 Å². The first-order chi connectivity index (χ1) is 7.63. The van der Waals surface area contributed by atoms with Crippen LogP contribution in [0.2, 0.25) is 0 Å². The molecule has 0 atom stereocenters. The average molecular weight is 281 g/mol. The van der Waals surface area contributed by atoms with Crippen LogP contribution in [0.3, 0.4) is 0 Å². The maximum Gasteiger partial charge on any atom is 0.306 e. The third-order valence-corrected chi connectivity index (χ3v) is 3.11. The molecular weight excluding hydrogens is 270 g/mol. The van der Waals surface area contributed by atoms with Crippen molar-refractivity contribution in [1.29, 1.82) is 0 Å². The van der Waals surface area contributed by atoms with E-state index in [-0.39, 0.29) is 11.5 Å². The van der Waals surface area contributed by atoms with Gasteiger partial charge in [-0.15, -0.1) is 0 Å². The summed E-state index contributed by atoms with van der Waals surface area (Å²) in [6.45, 7) is 0. The number of benzene rings is 1. The Morgan fingerprint density at radius 1 is 1.18 bits per heavy atom. The zero-order chi connectivity index (χ0) is 13.3. The normalized spacial score (nSPS) is 12.2. The molecule has 0 unspecified atom stereocenters. The number of methoxy groups -OCH3 is 1. The highest BCUT2D eigenvalue weighted by Crippen LogP contribution is 2.28. The topological polar surface area (TPSA) is 113 Å². The summed E-state index contributed by atoms with van der Waals surface area (Å²) in [6.07, 6.45) is 0.796. The molecule has 1 aromatic carbocycles. The maximum atomic E-state index is 11.3. The van der Waals surface area contributed by atoms with Gasteiger partial charge in [-0.1, -0.05) is 0 Å². The van der Waals surface area contributed by atoms with E-state index in [1.807, 2.05) is 0 Å². The predicted molar refractivity (Wildman–Crippen MR) is 59.8 cm³/mol. The van der Waals surface area contributed by atoms with Gasteiger partial charge in [0.2, 0.25) is 10.0 Å². The van der Waals surface area contributed by atoms with Crippen molar-refractivity contribution in [3.63, 3.8) is 0 Å². The van der Waals surface area contributed by atoms with Crippen LogP contribution in [0.4, 0.5) is 0 Å². The maximum absolute atomic E-state index is 11.3. The van der Waals surface area contributed by atoms with E-state index >= 15 is 0 Å². The highest BCUT2D eigenvalue weighted by molar-refractivity contribution is 7.89. The van der Waals surface area contributed by atoms with Crippen molar-refractivity contribution in [2.45, 2.75) is 4.90 Å². The van der Waals surface area contributed by atoms with Crippen LogP contribution >= 0.6 is 0 Å². The smallest absolute Gasteiger partial charge is 0.306 e. The molecule has 0 amide bonds. The van der Waals surface area contributed by atoms with Crippen LogP contribution in [0.5, 0.6) is 11.5 Å². The minimum Gasteiger partial charge on any atom is -0.497 e. The highest BCUT2D eigenvalue weighted by Gasteiger charge is 2.19. The molecule has 0 radical (unpaired) electrons. The molecule has 9 heteroatoms. The first kappa shape index (κ1) is 13.7. The Labute approximate surface area is 99.3 Å². The molecule has 0 saturated carbocycles. The summed E-state index contributed by atoms with van der Waals surface area (Å²) in [5, 5.41) is 4.94. The summed E-state index contributed by atoms with van der Waals surface area (Å²) in [5.74, 6) is -0.148. The molecule has 0 heterocycles. The van der Waals surface area contributed by atoms with E-state index in [0.29, 0.717) is 0 Å². The van der Waals surface area contributed by atoms with Crippen LogP contribution < -0.4 is 14.1 Å². The quantitative estimate of drug-likeness (QED) is 0.757. The van der Waals surface area contributed by atoms with Gasteiger partial charge in [0.05, 0.1) is 13.4 Å². The number of nitrogens with two attached hydrogens (primary N) is 1. The monoisotopic (exact) mass is 281 g/mol. The zero-order valence-corrected chi connectivity index (χ0v) is 10.7. The van der Waals surface area contributed by atoms with Crippen LogP contribution in [-0.2, 0) is 20.1 Å². The standard InChI is InChI=1S/C8H11NO6S2/c1-14-6-3-4-7(15-16(2,10)11)8(5-6)17(9,12)13/h3-5H,1-2H3,(H2,9,12,13). The molecule has 0 spiro atoms. The molecule has 7 nitrogen and oxygen atoms in total. The first-order valence-corrected chi connectivity index (χ1v) is 7.60. The van der Waals surface area contributed by atoms with Gasteiger partial charge >= 0.3 is 10.1 Å².